The number of rotatable bonds is 6. The summed E-state index contributed by atoms with van der Waals surface area (Å²) in [4.78, 5) is 6.92. The van der Waals surface area contributed by atoms with Crippen LogP contribution in [0.2, 0.25) is 0 Å². The van der Waals surface area contributed by atoms with Crippen molar-refractivity contribution in [3.8, 4) is 17.2 Å². The number of nitrogens with one attached hydrogen (secondary N) is 1. The number of para-hydroxylation sites is 1. The summed E-state index contributed by atoms with van der Waals surface area (Å²) in [6.07, 6.45) is 1.84. The Hall–Kier alpha value is -4.42. The molecule has 2 atom stereocenters. The first-order valence-electron chi connectivity index (χ1n) is 13.1. The third-order valence-electron chi connectivity index (χ3n) is 7.24. The maximum Gasteiger partial charge on any atom is 0.174 e. The number of nitrogens with zero attached hydrogens (tertiary/aromatic N) is 3. The first-order valence-corrected chi connectivity index (χ1v) is 13.5. The number of hydrogen-bond acceptors (Lipinski definition) is 3. The second-order valence-electron chi connectivity index (χ2n) is 9.91. The molecule has 0 aliphatic carbocycles. The summed E-state index contributed by atoms with van der Waals surface area (Å²) in [6.45, 7) is 6.48. The van der Waals surface area contributed by atoms with Crippen molar-refractivity contribution in [2.45, 2.75) is 32.9 Å². The Morgan fingerprint density at radius 2 is 1.51 bits per heavy atom. The molecule has 39 heavy (non-hydrogen) atoms. The van der Waals surface area contributed by atoms with Crippen molar-refractivity contribution in [3.63, 3.8) is 0 Å². The topological polar surface area (TPSA) is 42.3 Å². The Kier molecular flexibility index (Phi) is 6.63. The predicted octanol–water partition coefficient (Wildman–Crippen LogP) is 7.77. The fraction of sp³-hybridized carbons (Fsp3) is 0.152. The smallest absolute Gasteiger partial charge is 0.174 e. The molecule has 1 aliphatic heterocycles. The van der Waals surface area contributed by atoms with Crippen molar-refractivity contribution >= 4 is 23.0 Å². The van der Waals surface area contributed by atoms with Crippen molar-refractivity contribution < 1.29 is 4.74 Å². The van der Waals surface area contributed by atoms with Crippen molar-refractivity contribution in [3.05, 3.63) is 138 Å². The van der Waals surface area contributed by atoms with Crippen LogP contribution in [-0.4, -0.2) is 14.7 Å². The monoisotopic (exact) mass is 530 g/mol. The fourth-order valence-corrected chi connectivity index (χ4v) is 5.85. The Balaban J connectivity index is 1.42. The van der Waals surface area contributed by atoms with Gasteiger partial charge in [-0.05, 0) is 111 Å². The fourth-order valence-electron chi connectivity index (χ4n) is 5.50. The minimum absolute atomic E-state index is 0.0851. The largest absolute Gasteiger partial charge is 0.457 e. The molecule has 0 saturated carbocycles. The lowest BCUT2D eigenvalue weighted by atomic mass is 9.96. The van der Waals surface area contributed by atoms with Crippen LogP contribution in [0, 0.1) is 20.8 Å². The Morgan fingerprint density at radius 1 is 0.769 bits per heavy atom. The predicted molar refractivity (Wildman–Crippen MR) is 161 cm³/mol. The molecule has 1 saturated heterocycles. The molecule has 5 aromatic rings. The van der Waals surface area contributed by atoms with Crippen LogP contribution >= 0.6 is 12.2 Å². The summed E-state index contributed by atoms with van der Waals surface area (Å²) in [5.74, 6) is 1.58. The number of pyridine rings is 1. The number of thiocarbonyl (C=S) groups is 1. The second kappa shape index (κ2) is 10.4. The minimum Gasteiger partial charge on any atom is -0.457 e. The highest BCUT2D eigenvalue weighted by Gasteiger charge is 2.42. The van der Waals surface area contributed by atoms with Crippen molar-refractivity contribution in [2.75, 3.05) is 4.90 Å². The van der Waals surface area contributed by atoms with E-state index in [4.69, 9.17) is 21.9 Å². The lowest BCUT2D eigenvalue weighted by Crippen LogP contribution is -2.29. The molecule has 194 valence electrons. The highest BCUT2D eigenvalue weighted by atomic mass is 32.1. The van der Waals surface area contributed by atoms with E-state index in [0.717, 1.165) is 28.6 Å². The lowest BCUT2D eigenvalue weighted by Gasteiger charge is -2.28. The Labute approximate surface area is 234 Å². The summed E-state index contributed by atoms with van der Waals surface area (Å²) in [7, 11) is 0. The number of ether oxygens (including phenoxy) is 1. The second-order valence-corrected chi connectivity index (χ2v) is 10.3. The van der Waals surface area contributed by atoms with Gasteiger partial charge in [-0.1, -0.05) is 36.4 Å². The molecule has 2 aromatic heterocycles. The molecule has 0 radical (unpaired) electrons. The maximum absolute atomic E-state index is 6.04. The number of aromatic nitrogens is 2. The molecule has 1 N–H and O–H groups in total. The van der Waals surface area contributed by atoms with Crippen LogP contribution in [0.25, 0.3) is 5.69 Å². The van der Waals surface area contributed by atoms with E-state index >= 15 is 0 Å². The summed E-state index contributed by atoms with van der Waals surface area (Å²) in [6, 6.07) is 34.7. The van der Waals surface area contributed by atoms with E-state index < -0.39 is 0 Å². The van der Waals surface area contributed by atoms with Gasteiger partial charge >= 0.3 is 0 Å². The van der Waals surface area contributed by atoms with Crippen LogP contribution in [0.15, 0.2) is 109 Å². The van der Waals surface area contributed by atoms with Gasteiger partial charge in [0.25, 0.3) is 0 Å². The number of aryl methyl sites for hydroxylation is 2. The summed E-state index contributed by atoms with van der Waals surface area (Å²) in [5, 5.41) is 4.25. The quantitative estimate of drug-likeness (QED) is 0.227. The molecular formula is C33H30N4OS. The van der Waals surface area contributed by atoms with E-state index in [-0.39, 0.29) is 12.1 Å². The van der Waals surface area contributed by atoms with Gasteiger partial charge in [0.1, 0.15) is 11.5 Å². The van der Waals surface area contributed by atoms with Gasteiger partial charge in [-0.2, -0.15) is 0 Å². The molecule has 6 rings (SSSR count). The average Bonchev–Trinajstić information content (AvgIpc) is 3.45. The third kappa shape index (κ3) is 4.79. The van der Waals surface area contributed by atoms with E-state index in [0.29, 0.717) is 5.11 Å². The molecule has 1 fully saturated rings. The molecule has 3 aromatic carbocycles. The molecule has 0 unspecified atom stereocenters. The summed E-state index contributed by atoms with van der Waals surface area (Å²) >= 11 is 5.96. The van der Waals surface area contributed by atoms with Gasteiger partial charge in [0.2, 0.25) is 0 Å². The number of anilines is 1. The van der Waals surface area contributed by atoms with Gasteiger partial charge in [-0.3, -0.25) is 4.98 Å². The molecular weight excluding hydrogens is 500 g/mol. The Bertz CT molecular complexity index is 1610. The summed E-state index contributed by atoms with van der Waals surface area (Å²) < 4.78 is 8.37. The van der Waals surface area contributed by atoms with Crippen LogP contribution in [-0.2, 0) is 0 Å². The van der Waals surface area contributed by atoms with Crippen LogP contribution in [0.3, 0.4) is 0 Å². The zero-order valence-electron chi connectivity index (χ0n) is 22.2. The molecule has 3 heterocycles. The van der Waals surface area contributed by atoms with Gasteiger partial charge < -0.3 is 19.5 Å². The highest BCUT2D eigenvalue weighted by molar-refractivity contribution is 7.80. The molecule has 0 amide bonds. The van der Waals surface area contributed by atoms with Gasteiger partial charge in [0, 0.05) is 29.0 Å². The zero-order valence-corrected chi connectivity index (χ0v) is 23.0. The van der Waals surface area contributed by atoms with Gasteiger partial charge in [0.15, 0.2) is 5.11 Å². The highest BCUT2D eigenvalue weighted by Crippen LogP contribution is 2.44. The first kappa shape index (κ1) is 24.9. The minimum atomic E-state index is -0.106. The van der Waals surface area contributed by atoms with Crippen molar-refractivity contribution in [1.29, 1.82) is 0 Å². The van der Waals surface area contributed by atoms with E-state index in [1.807, 2.05) is 60.8 Å². The van der Waals surface area contributed by atoms with Crippen LogP contribution in [0.5, 0.6) is 11.5 Å². The lowest BCUT2D eigenvalue weighted by molar-refractivity contribution is 0.482. The van der Waals surface area contributed by atoms with Gasteiger partial charge in [-0.25, -0.2) is 0 Å². The van der Waals surface area contributed by atoms with Crippen LogP contribution < -0.4 is 15.0 Å². The molecule has 1 aliphatic rings. The zero-order chi connectivity index (χ0) is 26.9. The standard InChI is InChI=1S/C33H30N4OS/c1-22-10-9-11-26(20-22)36-23(2)21-29(24(36)3)32-31(30-14-7-8-19-34-30)35-33(39)37(32)25-15-17-28(18-16-25)38-27-12-5-4-6-13-27/h4-21,31-32H,1-3H3,(H,35,39)/t31-,32+/m0/s1. The van der Waals surface area contributed by atoms with E-state index in [1.54, 1.807) is 0 Å². The van der Waals surface area contributed by atoms with E-state index in [2.05, 4.69) is 84.1 Å². The number of hydrogen-bond donors (Lipinski definition) is 1. The van der Waals surface area contributed by atoms with Crippen LogP contribution in [0.4, 0.5) is 5.69 Å². The van der Waals surface area contributed by atoms with Gasteiger partial charge in [-0.15, -0.1) is 0 Å². The van der Waals surface area contributed by atoms with Crippen LogP contribution in [0.1, 0.15) is 40.3 Å². The molecule has 0 spiro atoms. The van der Waals surface area contributed by atoms with Crippen molar-refractivity contribution in [2.24, 2.45) is 0 Å². The van der Waals surface area contributed by atoms with Crippen molar-refractivity contribution in [1.82, 2.24) is 14.9 Å². The molecule has 0 bridgehead atoms. The van der Waals surface area contributed by atoms with E-state index in [1.165, 1.54) is 22.5 Å². The molecule has 5 nitrogen and oxygen atoms in total. The maximum atomic E-state index is 6.04. The number of benzene rings is 3. The van der Waals surface area contributed by atoms with E-state index in [9.17, 15) is 0 Å². The molecule has 6 heteroatoms. The normalized spacial score (nSPS) is 16.8. The third-order valence-corrected chi connectivity index (χ3v) is 7.56. The average molecular weight is 531 g/mol. The Morgan fingerprint density at radius 3 is 2.23 bits per heavy atom. The summed E-state index contributed by atoms with van der Waals surface area (Å²) in [5.41, 5.74) is 7.92. The van der Waals surface area contributed by atoms with Gasteiger partial charge in [0.05, 0.1) is 17.8 Å². The first-order chi connectivity index (χ1) is 19.0. The SMILES string of the molecule is Cc1cccc(-n2c(C)cc([C@@H]3[C@H](c4ccccn4)NC(=S)N3c3ccc(Oc4ccccc4)cc3)c2C)c1.